The predicted octanol–water partition coefficient (Wildman–Crippen LogP) is 3.83. The number of hydrogen-bond donors (Lipinski definition) is 1. The zero-order valence-electron chi connectivity index (χ0n) is 13.5. The lowest BCUT2D eigenvalue weighted by atomic mass is 10.1. The molecule has 3 nitrogen and oxygen atoms in total. The first kappa shape index (κ1) is 15.5. The summed E-state index contributed by atoms with van der Waals surface area (Å²) in [6.45, 7) is 8.26. The number of rotatable bonds is 6. The van der Waals surface area contributed by atoms with Crippen LogP contribution in [-0.2, 0) is 13.0 Å². The number of aromatic nitrogens is 1. The van der Waals surface area contributed by atoms with Crippen LogP contribution >= 0.6 is 0 Å². The molecule has 1 N–H and O–H groups in total. The fourth-order valence-electron chi connectivity index (χ4n) is 2.33. The standard InChI is InChI=1S/C18H25N3/c1-5-16-11-15(13-19-6-2)12-18(20-16)21(4)17-9-7-8-14(3)10-17/h7-12,19H,5-6,13H2,1-4H3. The lowest BCUT2D eigenvalue weighted by molar-refractivity contribution is 0.724. The largest absolute Gasteiger partial charge is 0.329 e. The van der Waals surface area contributed by atoms with E-state index in [4.69, 9.17) is 4.98 Å². The lowest BCUT2D eigenvalue weighted by Crippen LogP contribution is -2.15. The maximum atomic E-state index is 4.76. The number of aryl methyl sites for hydroxylation is 2. The average Bonchev–Trinajstić information content (AvgIpc) is 2.51. The van der Waals surface area contributed by atoms with E-state index in [0.29, 0.717) is 0 Å². The molecule has 0 saturated carbocycles. The van der Waals surface area contributed by atoms with Crippen LogP contribution in [0.1, 0.15) is 30.7 Å². The van der Waals surface area contributed by atoms with Gasteiger partial charge in [0.05, 0.1) is 0 Å². The molecular weight excluding hydrogens is 258 g/mol. The van der Waals surface area contributed by atoms with E-state index in [1.807, 2.05) is 0 Å². The zero-order valence-corrected chi connectivity index (χ0v) is 13.5. The SMILES string of the molecule is CCNCc1cc(CC)nc(N(C)c2cccc(C)c2)c1. The van der Waals surface area contributed by atoms with Gasteiger partial charge in [-0.2, -0.15) is 0 Å². The van der Waals surface area contributed by atoms with Crippen LogP contribution in [0.3, 0.4) is 0 Å². The topological polar surface area (TPSA) is 28.2 Å². The Morgan fingerprint density at radius 2 is 1.95 bits per heavy atom. The third-order valence-electron chi connectivity index (χ3n) is 3.60. The van der Waals surface area contributed by atoms with Gasteiger partial charge in [0.25, 0.3) is 0 Å². The van der Waals surface area contributed by atoms with Gasteiger partial charge in [-0.15, -0.1) is 0 Å². The van der Waals surface area contributed by atoms with Crippen LogP contribution in [0, 0.1) is 6.92 Å². The van der Waals surface area contributed by atoms with Crippen LogP contribution in [0.25, 0.3) is 0 Å². The predicted molar refractivity (Wildman–Crippen MR) is 90.2 cm³/mol. The molecule has 0 aliphatic heterocycles. The van der Waals surface area contributed by atoms with Gasteiger partial charge in [0.1, 0.15) is 5.82 Å². The van der Waals surface area contributed by atoms with Crippen molar-refractivity contribution in [2.75, 3.05) is 18.5 Å². The summed E-state index contributed by atoms with van der Waals surface area (Å²) in [6, 6.07) is 12.9. The first-order valence-corrected chi connectivity index (χ1v) is 7.65. The molecule has 1 heterocycles. The van der Waals surface area contributed by atoms with Gasteiger partial charge in [-0.25, -0.2) is 4.98 Å². The van der Waals surface area contributed by atoms with Crippen LogP contribution in [0.2, 0.25) is 0 Å². The molecule has 0 atom stereocenters. The maximum absolute atomic E-state index is 4.76. The second-order valence-corrected chi connectivity index (χ2v) is 5.36. The second-order valence-electron chi connectivity index (χ2n) is 5.36. The van der Waals surface area contributed by atoms with Crippen molar-refractivity contribution in [1.29, 1.82) is 0 Å². The van der Waals surface area contributed by atoms with E-state index in [-0.39, 0.29) is 0 Å². The Morgan fingerprint density at radius 1 is 1.14 bits per heavy atom. The minimum absolute atomic E-state index is 0.890. The average molecular weight is 283 g/mol. The Hall–Kier alpha value is -1.87. The van der Waals surface area contributed by atoms with Crippen LogP contribution in [0.5, 0.6) is 0 Å². The highest BCUT2D eigenvalue weighted by Crippen LogP contribution is 2.24. The molecule has 21 heavy (non-hydrogen) atoms. The van der Waals surface area contributed by atoms with Gasteiger partial charge in [-0.1, -0.05) is 26.0 Å². The molecule has 0 aliphatic carbocycles. The molecule has 0 amide bonds. The van der Waals surface area contributed by atoms with E-state index < -0.39 is 0 Å². The normalized spacial score (nSPS) is 10.7. The van der Waals surface area contributed by atoms with Crippen molar-refractivity contribution in [3.8, 4) is 0 Å². The zero-order chi connectivity index (χ0) is 15.2. The summed E-state index contributed by atoms with van der Waals surface area (Å²) in [5.41, 5.74) is 4.86. The molecule has 0 bridgehead atoms. The van der Waals surface area contributed by atoms with Gasteiger partial charge in [-0.05, 0) is 55.3 Å². The Labute approximate surface area is 128 Å². The summed E-state index contributed by atoms with van der Waals surface area (Å²) in [5.74, 6) is 1.01. The summed E-state index contributed by atoms with van der Waals surface area (Å²) in [7, 11) is 2.08. The highest BCUT2D eigenvalue weighted by molar-refractivity contribution is 5.60. The van der Waals surface area contributed by atoms with Crippen LogP contribution in [-0.4, -0.2) is 18.6 Å². The molecule has 2 rings (SSSR count). The lowest BCUT2D eigenvalue weighted by Gasteiger charge is -2.20. The summed E-state index contributed by atoms with van der Waals surface area (Å²) in [5, 5.41) is 3.38. The van der Waals surface area contributed by atoms with Crippen molar-refractivity contribution in [3.63, 3.8) is 0 Å². The second kappa shape index (κ2) is 7.23. The van der Waals surface area contributed by atoms with Gasteiger partial charge in [0, 0.05) is 25.0 Å². The summed E-state index contributed by atoms with van der Waals surface area (Å²) < 4.78 is 0. The van der Waals surface area contributed by atoms with E-state index in [1.165, 1.54) is 16.8 Å². The smallest absolute Gasteiger partial charge is 0.133 e. The minimum Gasteiger partial charge on any atom is -0.329 e. The summed E-state index contributed by atoms with van der Waals surface area (Å²) >= 11 is 0. The van der Waals surface area contributed by atoms with E-state index in [2.05, 4.69) is 74.4 Å². The van der Waals surface area contributed by atoms with Crippen molar-refractivity contribution in [1.82, 2.24) is 10.3 Å². The Bertz CT molecular complexity index is 593. The van der Waals surface area contributed by atoms with Gasteiger partial charge in [0.2, 0.25) is 0 Å². The molecule has 2 aromatic rings. The van der Waals surface area contributed by atoms with Crippen molar-refractivity contribution >= 4 is 11.5 Å². The third-order valence-corrected chi connectivity index (χ3v) is 3.60. The molecule has 0 saturated heterocycles. The number of hydrogen-bond acceptors (Lipinski definition) is 3. The van der Waals surface area contributed by atoms with Crippen LogP contribution in [0.4, 0.5) is 11.5 Å². The summed E-state index contributed by atoms with van der Waals surface area (Å²) in [4.78, 5) is 6.92. The van der Waals surface area contributed by atoms with E-state index in [1.54, 1.807) is 0 Å². The number of pyridine rings is 1. The van der Waals surface area contributed by atoms with Gasteiger partial charge in [-0.3, -0.25) is 0 Å². The molecule has 0 spiro atoms. The van der Waals surface area contributed by atoms with Crippen molar-refractivity contribution in [2.45, 2.75) is 33.7 Å². The number of anilines is 2. The molecule has 0 fully saturated rings. The molecule has 0 unspecified atom stereocenters. The minimum atomic E-state index is 0.890. The van der Waals surface area contributed by atoms with Crippen molar-refractivity contribution in [3.05, 3.63) is 53.2 Å². The van der Waals surface area contributed by atoms with Gasteiger partial charge >= 0.3 is 0 Å². The summed E-state index contributed by atoms with van der Waals surface area (Å²) in [6.07, 6.45) is 0.953. The third kappa shape index (κ3) is 4.05. The molecule has 0 aliphatic rings. The first-order valence-electron chi connectivity index (χ1n) is 7.65. The van der Waals surface area contributed by atoms with E-state index in [9.17, 15) is 0 Å². The van der Waals surface area contributed by atoms with E-state index >= 15 is 0 Å². The van der Waals surface area contributed by atoms with E-state index in [0.717, 1.165) is 31.0 Å². The van der Waals surface area contributed by atoms with Crippen molar-refractivity contribution < 1.29 is 0 Å². The number of benzene rings is 1. The van der Waals surface area contributed by atoms with Gasteiger partial charge in [0.15, 0.2) is 0 Å². The molecule has 112 valence electrons. The quantitative estimate of drug-likeness (QED) is 0.873. The fraction of sp³-hybridized carbons (Fsp3) is 0.389. The molecule has 0 radical (unpaired) electrons. The maximum Gasteiger partial charge on any atom is 0.133 e. The van der Waals surface area contributed by atoms with Crippen LogP contribution in [0.15, 0.2) is 36.4 Å². The molecule has 1 aromatic heterocycles. The molecule has 3 heteroatoms. The Balaban J connectivity index is 2.32. The fourth-order valence-corrected chi connectivity index (χ4v) is 2.33. The monoisotopic (exact) mass is 283 g/mol. The molecule has 1 aromatic carbocycles. The molecular formula is C18H25N3. The highest BCUT2D eigenvalue weighted by Gasteiger charge is 2.08. The highest BCUT2D eigenvalue weighted by atomic mass is 15.2. The number of nitrogens with one attached hydrogen (secondary N) is 1. The Morgan fingerprint density at radius 3 is 2.62 bits per heavy atom. The van der Waals surface area contributed by atoms with Crippen molar-refractivity contribution in [2.24, 2.45) is 0 Å². The first-order chi connectivity index (χ1) is 10.1. The van der Waals surface area contributed by atoms with Gasteiger partial charge < -0.3 is 10.2 Å². The van der Waals surface area contributed by atoms with Crippen LogP contribution < -0.4 is 10.2 Å². The Kier molecular flexibility index (Phi) is 5.34. The number of nitrogens with zero attached hydrogens (tertiary/aromatic N) is 2.